The number of nitrogens with zero attached hydrogens (tertiary/aromatic N) is 2. The molecule has 1 saturated carbocycles. The lowest BCUT2D eigenvalue weighted by Gasteiger charge is -2.19. The number of rotatable bonds is 5. The van der Waals surface area contributed by atoms with E-state index in [9.17, 15) is 0 Å². The maximum absolute atomic E-state index is 8.95. The molecule has 0 spiro atoms. The molecule has 2 rings (SSSR count). The topological polar surface area (TPSA) is 47.3 Å². The van der Waals surface area contributed by atoms with Crippen molar-refractivity contribution in [2.24, 2.45) is 0 Å². The molecule has 0 saturated heterocycles. The maximum atomic E-state index is 8.95. The van der Waals surface area contributed by atoms with Crippen LogP contribution in [-0.4, -0.2) is 29.2 Å². The quantitative estimate of drug-likeness (QED) is 0.822. The van der Waals surface area contributed by atoms with Gasteiger partial charge in [-0.25, -0.2) is 0 Å². The second kappa shape index (κ2) is 4.75. The highest BCUT2D eigenvalue weighted by atomic mass is 32.1. The Morgan fingerprint density at radius 3 is 2.93 bits per heavy atom. The van der Waals surface area contributed by atoms with Crippen LogP contribution in [0.25, 0.3) is 0 Å². The SMILES string of the molecule is N#Cc1csc(CN(CCO)C2CC2)c1. The molecule has 0 unspecified atom stereocenters. The molecule has 4 heteroatoms. The van der Waals surface area contributed by atoms with E-state index in [1.165, 1.54) is 17.7 Å². The maximum Gasteiger partial charge on any atom is 0.100 e. The predicted molar refractivity (Wildman–Crippen MR) is 59.6 cm³/mol. The second-order valence-electron chi connectivity index (χ2n) is 3.84. The minimum Gasteiger partial charge on any atom is -0.395 e. The van der Waals surface area contributed by atoms with Crippen molar-refractivity contribution in [1.82, 2.24) is 4.90 Å². The lowest BCUT2D eigenvalue weighted by Crippen LogP contribution is -2.28. The van der Waals surface area contributed by atoms with Gasteiger partial charge < -0.3 is 5.11 Å². The van der Waals surface area contributed by atoms with Gasteiger partial charge in [-0.05, 0) is 18.9 Å². The monoisotopic (exact) mass is 222 g/mol. The van der Waals surface area contributed by atoms with E-state index in [1.807, 2.05) is 11.4 Å². The number of hydrogen-bond acceptors (Lipinski definition) is 4. The molecule has 0 bridgehead atoms. The van der Waals surface area contributed by atoms with E-state index in [1.54, 1.807) is 11.3 Å². The van der Waals surface area contributed by atoms with E-state index < -0.39 is 0 Å². The van der Waals surface area contributed by atoms with Gasteiger partial charge in [0.25, 0.3) is 0 Å². The van der Waals surface area contributed by atoms with Crippen LogP contribution >= 0.6 is 11.3 Å². The summed E-state index contributed by atoms with van der Waals surface area (Å²) in [5.41, 5.74) is 0.745. The van der Waals surface area contributed by atoms with Gasteiger partial charge in [-0.3, -0.25) is 4.90 Å². The molecular formula is C11H14N2OS. The Bertz CT molecular complexity index is 365. The molecule has 1 aromatic rings. The Kier molecular flexibility index (Phi) is 3.37. The number of hydrogen-bond donors (Lipinski definition) is 1. The summed E-state index contributed by atoms with van der Waals surface area (Å²) in [5.74, 6) is 0. The summed E-state index contributed by atoms with van der Waals surface area (Å²) in [7, 11) is 0. The van der Waals surface area contributed by atoms with E-state index in [0.717, 1.165) is 18.7 Å². The van der Waals surface area contributed by atoms with E-state index in [-0.39, 0.29) is 6.61 Å². The number of aliphatic hydroxyl groups is 1. The third-order valence-electron chi connectivity index (χ3n) is 2.59. The van der Waals surface area contributed by atoms with Gasteiger partial charge in [0.1, 0.15) is 6.07 Å². The first-order valence-electron chi connectivity index (χ1n) is 5.16. The fraction of sp³-hybridized carbons (Fsp3) is 0.545. The first-order chi connectivity index (χ1) is 7.33. The summed E-state index contributed by atoms with van der Waals surface area (Å²) in [4.78, 5) is 3.51. The standard InChI is InChI=1S/C11H14N2OS/c12-6-9-5-11(15-8-9)7-13(3-4-14)10-1-2-10/h5,8,10,14H,1-4,7H2. The van der Waals surface area contributed by atoms with Crippen molar-refractivity contribution in [2.45, 2.75) is 25.4 Å². The van der Waals surface area contributed by atoms with Crippen LogP contribution in [0, 0.1) is 11.3 Å². The van der Waals surface area contributed by atoms with Crippen LogP contribution in [0.4, 0.5) is 0 Å². The first kappa shape index (κ1) is 10.6. The minimum atomic E-state index is 0.215. The van der Waals surface area contributed by atoms with Gasteiger partial charge in [-0.2, -0.15) is 5.26 Å². The van der Waals surface area contributed by atoms with Gasteiger partial charge in [0.15, 0.2) is 0 Å². The summed E-state index contributed by atoms with van der Waals surface area (Å²) >= 11 is 1.63. The Balaban J connectivity index is 1.96. The summed E-state index contributed by atoms with van der Waals surface area (Å²) in [6, 6.07) is 4.74. The van der Waals surface area contributed by atoms with Gasteiger partial charge in [0.2, 0.25) is 0 Å². The third-order valence-corrected chi connectivity index (χ3v) is 3.51. The zero-order chi connectivity index (χ0) is 10.7. The molecule has 0 aliphatic heterocycles. The van der Waals surface area contributed by atoms with Crippen LogP contribution < -0.4 is 0 Å². The molecule has 3 nitrogen and oxygen atoms in total. The van der Waals surface area contributed by atoms with Crippen molar-refractivity contribution in [3.63, 3.8) is 0 Å². The summed E-state index contributed by atoms with van der Waals surface area (Å²) in [6.45, 7) is 1.83. The molecule has 0 aromatic carbocycles. The summed E-state index contributed by atoms with van der Waals surface area (Å²) in [5, 5.41) is 19.6. The lowest BCUT2D eigenvalue weighted by atomic mass is 10.3. The van der Waals surface area contributed by atoms with Crippen molar-refractivity contribution in [3.8, 4) is 6.07 Å². The normalized spacial score (nSPS) is 15.5. The molecule has 1 aliphatic rings. The Labute approximate surface area is 93.6 Å². The van der Waals surface area contributed by atoms with Crippen molar-refractivity contribution < 1.29 is 5.11 Å². The fourth-order valence-corrected chi connectivity index (χ4v) is 2.52. The molecule has 1 aliphatic carbocycles. The fourth-order valence-electron chi connectivity index (χ4n) is 1.68. The smallest absolute Gasteiger partial charge is 0.100 e. The number of nitriles is 1. The highest BCUT2D eigenvalue weighted by molar-refractivity contribution is 7.10. The van der Waals surface area contributed by atoms with Crippen molar-refractivity contribution >= 4 is 11.3 Å². The molecular weight excluding hydrogens is 208 g/mol. The van der Waals surface area contributed by atoms with E-state index in [2.05, 4.69) is 11.0 Å². The van der Waals surface area contributed by atoms with Crippen LogP contribution in [-0.2, 0) is 6.54 Å². The van der Waals surface area contributed by atoms with Gasteiger partial charge in [0.05, 0.1) is 12.2 Å². The van der Waals surface area contributed by atoms with Gasteiger partial charge in [-0.15, -0.1) is 11.3 Å². The zero-order valence-corrected chi connectivity index (χ0v) is 9.33. The lowest BCUT2D eigenvalue weighted by molar-refractivity contribution is 0.184. The molecule has 0 amide bonds. The number of aliphatic hydroxyl groups excluding tert-OH is 1. The highest BCUT2D eigenvalue weighted by Crippen LogP contribution is 2.29. The van der Waals surface area contributed by atoms with Gasteiger partial charge in [-0.1, -0.05) is 0 Å². The predicted octanol–water partition coefficient (Wildman–Crippen LogP) is 1.58. The molecule has 0 radical (unpaired) electrons. The van der Waals surface area contributed by atoms with Crippen LogP contribution in [0.5, 0.6) is 0 Å². The van der Waals surface area contributed by atoms with Gasteiger partial charge in [0, 0.05) is 29.4 Å². The van der Waals surface area contributed by atoms with E-state index in [0.29, 0.717) is 6.04 Å². The molecule has 1 fully saturated rings. The Morgan fingerprint density at radius 1 is 1.60 bits per heavy atom. The van der Waals surface area contributed by atoms with Crippen LogP contribution in [0.15, 0.2) is 11.4 Å². The average Bonchev–Trinajstić information content (AvgIpc) is 2.99. The Morgan fingerprint density at radius 2 is 2.40 bits per heavy atom. The van der Waals surface area contributed by atoms with E-state index in [4.69, 9.17) is 10.4 Å². The van der Waals surface area contributed by atoms with Crippen LogP contribution in [0.1, 0.15) is 23.3 Å². The third kappa shape index (κ3) is 2.78. The molecule has 0 atom stereocenters. The zero-order valence-electron chi connectivity index (χ0n) is 8.52. The molecule has 1 N–H and O–H groups in total. The van der Waals surface area contributed by atoms with Crippen molar-refractivity contribution in [2.75, 3.05) is 13.2 Å². The average molecular weight is 222 g/mol. The largest absolute Gasteiger partial charge is 0.395 e. The summed E-state index contributed by atoms with van der Waals surface area (Å²) in [6.07, 6.45) is 2.49. The van der Waals surface area contributed by atoms with Crippen LogP contribution in [0.2, 0.25) is 0 Å². The highest BCUT2D eigenvalue weighted by Gasteiger charge is 2.28. The van der Waals surface area contributed by atoms with E-state index >= 15 is 0 Å². The van der Waals surface area contributed by atoms with Crippen molar-refractivity contribution in [3.05, 3.63) is 21.9 Å². The molecule has 15 heavy (non-hydrogen) atoms. The minimum absolute atomic E-state index is 0.215. The van der Waals surface area contributed by atoms with Crippen molar-refractivity contribution in [1.29, 1.82) is 5.26 Å². The Hall–Kier alpha value is -0.890. The molecule has 1 heterocycles. The van der Waals surface area contributed by atoms with Gasteiger partial charge >= 0.3 is 0 Å². The summed E-state index contributed by atoms with van der Waals surface area (Å²) < 4.78 is 0. The van der Waals surface area contributed by atoms with Crippen LogP contribution in [0.3, 0.4) is 0 Å². The molecule has 1 aromatic heterocycles. The first-order valence-corrected chi connectivity index (χ1v) is 6.04. The molecule has 80 valence electrons. The second-order valence-corrected chi connectivity index (χ2v) is 4.83. The number of thiophene rings is 1.